The summed E-state index contributed by atoms with van der Waals surface area (Å²) < 4.78 is 0. The molecule has 1 saturated heterocycles. The van der Waals surface area contributed by atoms with Gasteiger partial charge in [-0.25, -0.2) is 0 Å². The summed E-state index contributed by atoms with van der Waals surface area (Å²) >= 11 is 0. The number of carbonyl (C=O) groups is 2. The van der Waals surface area contributed by atoms with E-state index >= 15 is 0 Å². The summed E-state index contributed by atoms with van der Waals surface area (Å²) in [6, 6.07) is -0.283. The van der Waals surface area contributed by atoms with Crippen LogP contribution in [-0.4, -0.2) is 36.3 Å². The van der Waals surface area contributed by atoms with Crippen LogP contribution in [0.15, 0.2) is 0 Å². The zero-order valence-electron chi connectivity index (χ0n) is 9.75. The summed E-state index contributed by atoms with van der Waals surface area (Å²) in [7, 11) is 1.54. The Morgan fingerprint density at radius 2 is 2.13 bits per heavy atom. The molecule has 1 rings (SSSR count). The second-order valence-corrected chi connectivity index (χ2v) is 4.54. The highest BCUT2D eigenvalue weighted by Crippen LogP contribution is 2.10. The molecule has 1 N–H and O–H groups in total. The van der Waals surface area contributed by atoms with Crippen LogP contribution in [0.3, 0.4) is 0 Å². The minimum Gasteiger partial charge on any atom is -0.305 e. The monoisotopic (exact) mass is 212 g/mol. The molecule has 1 atom stereocenters. The Hall–Kier alpha value is -0.900. The molecule has 0 aromatic rings. The standard InChI is InChI=1S/C11H20N2O2/c1-8(2)5-4-6-12-9-7-10(14)13(3)11(9)15/h8-9,12H,4-7H2,1-3H3. The van der Waals surface area contributed by atoms with Gasteiger partial charge in [0.2, 0.25) is 11.8 Å². The predicted molar refractivity (Wildman–Crippen MR) is 58.3 cm³/mol. The van der Waals surface area contributed by atoms with Crippen molar-refractivity contribution < 1.29 is 9.59 Å². The van der Waals surface area contributed by atoms with Gasteiger partial charge in [0.15, 0.2) is 0 Å². The van der Waals surface area contributed by atoms with Crippen molar-refractivity contribution in [1.82, 2.24) is 10.2 Å². The van der Waals surface area contributed by atoms with Gasteiger partial charge in [0.25, 0.3) is 0 Å². The zero-order valence-corrected chi connectivity index (χ0v) is 9.75. The molecule has 86 valence electrons. The molecule has 0 aliphatic carbocycles. The third-order valence-corrected chi connectivity index (χ3v) is 2.73. The predicted octanol–water partition coefficient (Wildman–Crippen LogP) is 0.769. The van der Waals surface area contributed by atoms with E-state index in [0.717, 1.165) is 19.4 Å². The largest absolute Gasteiger partial charge is 0.305 e. The van der Waals surface area contributed by atoms with E-state index in [-0.39, 0.29) is 17.9 Å². The molecule has 4 nitrogen and oxygen atoms in total. The van der Waals surface area contributed by atoms with E-state index in [1.54, 1.807) is 7.05 Å². The highest BCUT2D eigenvalue weighted by Gasteiger charge is 2.35. The van der Waals surface area contributed by atoms with Crippen LogP contribution in [0.4, 0.5) is 0 Å². The first kappa shape index (κ1) is 12.2. The minimum atomic E-state index is -0.283. The number of hydrogen-bond donors (Lipinski definition) is 1. The molecule has 1 fully saturated rings. The molecular weight excluding hydrogens is 192 g/mol. The van der Waals surface area contributed by atoms with Crippen LogP contribution in [0.25, 0.3) is 0 Å². The number of amides is 2. The van der Waals surface area contributed by atoms with E-state index < -0.39 is 0 Å². The van der Waals surface area contributed by atoms with Crippen LogP contribution in [0, 0.1) is 5.92 Å². The Morgan fingerprint density at radius 1 is 1.47 bits per heavy atom. The van der Waals surface area contributed by atoms with Gasteiger partial charge in [0, 0.05) is 7.05 Å². The summed E-state index contributed by atoms with van der Waals surface area (Å²) in [6.45, 7) is 5.17. The molecule has 15 heavy (non-hydrogen) atoms. The van der Waals surface area contributed by atoms with Crippen molar-refractivity contribution in [2.24, 2.45) is 5.92 Å². The maximum Gasteiger partial charge on any atom is 0.246 e. The summed E-state index contributed by atoms with van der Waals surface area (Å²) in [5.74, 6) is 0.515. The molecule has 0 aromatic heterocycles. The molecular formula is C11H20N2O2. The van der Waals surface area contributed by atoms with Gasteiger partial charge in [0.1, 0.15) is 0 Å². The highest BCUT2D eigenvalue weighted by molar-refractivity contribution is 6.05. The second-order valence-electron chi connectivity index (χ2n) is 4.54. The topological polar surface area (TPSA) is 49.4 Å². The number of carbonyl (C=O) groups excluding carboxylic acids is 2. The van der Waals surface area contributed by atoms with Gasteiger partial charge < -0.3 is 5.32 Å². The Morgan fingerprint density at radius 3 is 2.60 bits per heavy atom. The molecule has 1 aliphatic rings. The van der Waals surface area contributed by atoms with E-state index in [1.807, 2.05) is 0 Å². The van der Waals surface area contributed by atoms with E-state index in [9.17, 15) is 9.59 Å². The van der Waals surface area contributed by atoms with Crippen LogP contribution in [0.1, 0.15) is 33.1 Å². The van der Waals surface area contributed by atoms with Gasteiger partial charge in [-0.05, 0) is 25.3 Å². The number of nitrogens with zero attached hydrogens (tertiary/aromatic N) is 1. The van der Waals surface area contributed by atoms with Crippen LogP contribution in [0.5, 0.6) is 0 Å². The molecule has 1 unspecified atom stereocenters. The van der Waals surface area contributed by atoms with Crippen molar-refractivity contribution in [3.05, 3.63) is 0 Å². The van der Waals surface area contributed by atoms with Crippen molar-refractivity contribution in [2.75, 3.05) is 13.6 Å². The van der Waals surface area contributed by atoms with E-state index in [1.165, 1.54) is 4.90 Å². The molecule has 4 heteroatoms. The van der Waals surface area contributed by atoms with E-state index in [0.29, 0.717) is 12.3 Å². The molecule has 0 radical (unpaired) electrons. The second kappa shape index (κ2) is 5.26. The lowest BCUT2D eigenvalue weighted by atomic mass is 10.1. The van der Waals surface area contributed by atoms with Crippen molar-refractivity contribution in [1.29, 1.82) is 0 Å². The summed E-state index contributed by atoms with van der Waals surface area (Å²) in [6.07, 6.45) is 2.52. The minimum absolute atomic E-state index is 0.0821. The van der Waals surface area contributed by atoms with E-state index in [4.69, 9.17) is 0 Å². The van der Waals surface area contributed by atoms with Gasteiger partial charge in [-0.2, -0.15) is 0 Å². The summed E-state index contributed by atoms with van der Waals surface area (Å²) in [4.78, 5) is 23.9. The average molecular weight is 212 g/mol. The number of nitrogens with one attached hydrogen (secondary N) is 1. The van der Waals surface area contributed by atoms with Crippen LogP contribution in [-0.2, 0) is 9.59 Å². The number of likely N-dealkylation sites (tertiary alicyclic amines) is 1. The normalized spacial score (nSPS) is 21.9. The Kier molecular flexibility index (Phi) is 4.27. The van der Waals surface area contributed by atoms with Crippen molar-refractivity contribution in [3.8, 4) is 0 Å². The smallest absolute Gasteiger partial charge is 0.246 e. The highest BCUT2D eigenvalue weighted by atomic mass is 16.2. The average Bonchev–Trinajstić information content (AvgIpc) is 2.41. The van der Waals surface area contributed by atoms with Crippen molar-refractivity contribution in [2.45, 2.75) is 39.2 Å². The van der Waals surface area contributed by atoms with E-state index in [2.05, 4.69) is 19.2 Å². The lowest BCUT2D eigenvalue weighted by Gasteiger charge is -2.11. The van der Waals surface area contributed by atoms with Gasteiger partial charge in [-0.15, -0.1) is 0 Å². The van der Waals surface area contributed by atoms with Gasteiger partial charge in [-0.3, -0.25) is 14.5 Å². The van der Waals surface area contributed by atoms with Crippen molar-refractivity contribution in [3.63, 3.8) is 0 Å². The first-order valence-electron chi connectivity index (χ1n) is 5.56. The molecule has 0 spiro atoms. The maximum absolute atomic E-state index is 11.5. The quantitative estimate of drug-likeness (QED) is 0.541. The van der Waals surface area contributed by atoms with Gasteiger partial charge >= 0.3 is 0 Å². The number of rotatable bonds is 5. The first-order valence-corrected chi connectivity index (χ1v) is 5.56. The molecule has 0 saturated carbocycles. The van der Waals surface area contributed by atoms with Gasteiger partial charge in [-0.1, -0.05) is 13.8 Å². The molecule has 0 aromatic carbocycles. The third-order valence-electron chi connectivity index (χ3n) is 2.73. The molecule has 2 amide bonds. The van der Waals surface area contributed by atoms with Crippen LogP contribution < -0.4 is 5.32 Å². The number of hydrogen-bond acceptors (Lipinski definition) is 3. The summed E-state index contributed by atoms with van der Waals surface area (Å²) in [5.41, 5.74) is 0. The lowest BCUT2D eigenvalue weighted by molar-refractivity contribution is -0.137. The maximum atomic E-state index is 11.5. The lowest BCUT2D eigenvalue weighted by Crippen LogP contribution is -2.37. The third kappa shape index (κ3) is 3.30. The molecule has 1 heterocycles. The SMILES string of the molecule is CC(C)CCCNC1CC(=O)N(C)C1=O. The number of likely N-dealkylation sites (N-methyl/N-ethyl adjacent to an activating group) is 1. The zero-order chi connectivity index (χ0) is 11.4. The Labute approximate surface area is 91.0 Å². The first-order chi connectivity index (χ1) is 7.02. The van der Waals surface area contributed by atoms with Crippen molar-refractivity contribution >= 4 is 11.8 Å². The van der Waals surface area contributed by atoms with Gasteiger partial charge in [0.05, 0.1) is 12.5 Å². The fraction of sp³-hybridized carbons (Fsp3) is 0.818. The summed E-state index contributed by atoms with van der Waals surface area (Å²) in [5, 5.41) is 3.14. The molecule has 0 bridgehead atoms. The Balaban J connectivity index is 2.23. The van der Waals surface area contributed by atoms with Crippen LogP contribution >= 0.6 is 0 Å². The fourth-order valence-corrected chi connectivity index (χ4v) is 1.70. The molecule has 1 aliphatic heterocycles. The van der Waals surface area contributed by atoms with Crippen LogP contribution in [0.2, 0.25) is 0 Å². The number of imide groups is 1. The fourth-order valence-electron chi connectivity index (χ4n) is 1.70. The Bertz CT molecular complexity index is 251.